The first-order chi connectivity index (χ1) is 13.2. The molecule has 0 N–H and O–H groups in total. The molecule has 1 unspecified atom stereocenters. The van der Waals surface area contributed by atoms with Gasteiger partial charge >= 0.3 is 0 Å². The predicted octanol–water partition coefficient (Wildman–Crippen LogP) is 3.06. The molecule has 4 heterocycles. The van der Waals surface area contributed by atoms with E-state index >= 15 is 0 Å². The SMILES string of the molecule is Cn1ncc2c1CCc1sc(N(CC3CCCO3)C(=O)c3ccco3)nc1-2. The van der Waals surface area contributed by atoms with Crippen molar-refractivity contribution in [1.29, 1.82) is 0 Å². The van der Waals surface area contributed by atoms with E-state index in [-0.39, 0.29) is 12.0 Å². The first-order valence-corrected chi connectivity index (χ1v) is 10.0. The van der Waals surface area contributed by atoms with Gasteiger partial charge in [-0.25, -0.2) is 4.98 Å². The van der Waals surface area contributed by atoms with Crippen LogP contribution in [0.25, 0.3) is 11.3 Å². The van der Waals surface area contributed by atoms with Gasteiger partial charge < -0.3 is 9.15 Å². The van der Waals surface area contributed by atoms with E-state index in [1.165, 1.54) is 16.8 Å². The number of ether oxygens (including phenoxy) is 1. The smallest absolute Gasteiger partial charge is 0.295 e. The molecule has 7 nitrogen and oxygen atoms in total. The summed E-state index contributed by atoms with van der Waals surface area (Å²) in [6.07, 6.45) is 7.28. The number of thiazole rings is 1. The Balaban J connectivity index is 1.52. The Morgan fingerprint density at radius 3 is 3.15 bits per heavy atom. The van der Waals surface area contributed by atoms with Crippen LogP contribution in [-0.4, -0.2) is 39.9 Å². The fourth-order valence-electron chi connectivity index (χ4n) is 3.80. The molecule has 5 rings (SSSR count). The number of aryl methyl sites for hydroxylation is 2. The van der Waals surface area contributed by atoms with Crippen molar-refractivity contribution >= 4 is 22.4 Å². The zero-order chi connectivity index (χ0) is 18.4. The standard InChI is InChI=1S/C19H20N4O3S/c1-22-14-6-7-16-17(13(14)10-20-22)21-19(27-16)23(11-12-4-2-8-25-12)18(24)15-5-3-9-26-15/h3,5,9-10,12H,2,4,6-8,11H2,1H3. The largest absolute Gasteiger partial charge is 0.459 e. The highest BCUT2D eigenvalue weighted by Crippen LogP contribution is 2.39. The summed E-state index contributed by atoms with van der Waals surface area (Å²) in [7, 11) is 1.96. The molecule has 1 aliphatic carbocycles. The maximum atomic E-state index is 13.1. The molecule has 27 heavy (non-hydrogen) atoms. The van der Waals surface area contributed by atoms with Gasteiger partial charge in [-0.15, -0.1) is 11.3 Å². The van der Waals surface area contributed by atoms with Crippen LogP contribution in [-0.2, 0) is 24.6 Å². The van der Waals surface area contributed by atoms with E-state index in [4.69, 9.17) is 14.1 Å². The van der Waals surface area contributed by atoms with Crippen molar-refractivity contribution in [3.8, 4) is 11.3 Å². The van der Waals surface area contributed by atoms with Gasteiger partial charge in [-0.2, -0.15) is 5.10 Å². The minimum Gasteiger partial charge on any atom is -0.459 e. The molecule has 1 saturated heterocycles. The Kier molecular flexibility index (Phi) is 4.09. The molecule has 3 aromatic rings. The number of amides is 1. The van der Waals surface area contributed by atoms with Crippen LogP contribution in [0.4, 0.5) is 5.13 Å². The second-order valence-electron chi connectivity index (χ2n) is 6.92. The Labute approximate surface area is 160 Å². The predicted molar refractivity (Wildman–Crippen MR) is 101 cm³/mol. The van der Waals surface area contributed by atoms with Gasteiger partial charge in [0.1, 0.15) is 0 Å². The minimum atomic E-state index is -0.173. The highest BCUT2D eigenvalue weighted by molar-refractivity contribution is 7.16. The van der Waals surface area contributed by atoms with Crippen LogP contribution in [0.5, 0.6) is 0 Å². The quantitative estimate of drug-likeness (QED) is 0.691. The molecule has 0 spiro atoms. The van der Waals surface area contributed by atoms with Gasteiger partial charge in [0.2, 0.25) is 0 Å². The molecule has 1 amide bonds. The molecule has 1 aliphatic heterocycles. The lowest BCUT2D eigenvalue weighted by Crippen LogP contribution is -2.37. The fourth-order valence-corrected chi connectivity index (χ4v) is 4.88. The number of furan rings is 1. The number of carbonyl (C=O) groups excluding carboxylic acids is 1. The van der Waals surface area contributed by atoms with Crippen LogP contribution < -0.4 is 4.90 Å². The first-order valence-electron chi connectivity index (χ1n) is 9.18. The van der Waals surface area contributed by atoms with Crippen LogP contribution >= 0.6 is 11.3 Å². The summed E-state index contributed by atoms with van der Waals surface area (Å²) in [5.74, 6) is 0.149. The van der Waals surface area contributed by atoms with E-state index in [9.17, 15) is 4.79 Å². The van der Waals surface area contributed by atoms with Gasteiger partial charge in [0.25, 0.3) is 5.91 Å². The highest BCUT2D eigenvalue weighted by Gasteiger charge is 2.31. The van der Waals surface area contributed by atoms with Crippen molar-refractivity contribution in [2.45, 2.75) is 31.8 Å². The topological polar surface area (TPSA) is 73.4 Å². The zero-order valence-electron chi connectivity index (χ0n) is 15.1. The average Bonchev–Trinajstić information content (AvgIpc) is 3.45. The summed E-state index contributed by atoms with van der Waals surface area (Å²) in [4.78, 5) is 20.9. The third-order valence-corrected chi connectivity index (χ3v) is 6.35. The van der Waals surface area contributed by atoms with Crippen molar-refractivity contribution in [1.82, 2.24) is 14.8 Å². The monoisotopic (exact) mass is 384 g/mol. The van der Waals surface area contributed by atoms with Crippen LogP contribution in [0, 0.1) is 0 Å². The van der Waals surface area contributed by atoms with Gasteiger partial charge in [0.05, 0.1) is 30.8 Å². The van der Waals surface area contributed by atoms with Crippen molar-refractivity contribution in [3.63, 3.8) is 0 Å². The van der Waals surface area contributed by atoms with Crippen LogP contribution in [0.3, 0.4) is 0 Å². The molecule has 0 saturated carbocycles. The number of aromatic nitrogens is 3. The van der Waals surface area contributed by atoms with Crippen molar-refractivity contribution < 1.29 is 13.9 Å². The number of nitrogens with zero attached hydrogens (tertiary/aromatic N) is 4. The molecule has 0 bridgehead atoms. The molecule has 3 aromatic heterocycles. The first kappa shape index (κ1) is 16.7. The Bertz CT molecular complexity index is 969. The summed E-state index contributed by atoms with van der Waals surface area (Å²) in [5, 5.41) is 5.08. The van der Waals surface area contributed by atoms with Crippen molar-refractivity contribution in [3.05, 3.63) is 40.9 Å². The van der Waals surface area contributed by atoms with Gasteiger partial charge in [-0.1, -0.05) is 0 Å². The number of rotatable bonds is 4. The van der Waals surface area contributed by atoms with Gasteiger partial charge in [-0.05, 0) is 37.8 Å². The molecule has 1 fully saturated rings. The van der Waals surface area contributed by atoms with E-state index in [1.54, 1.807) is 28.4 Å². The Morgan fingerprint density at radius 2 is 2.37 bits per heavy atom. The average molecular weight is 384 g/mol. The molecular formula is C19H20N4O3S. The summed E-state index contributed by atoms with van der Waals surface area (Å²) < 4.78 is 13.0. The summed E-state index contributed by atoms with van der Waals surface area (Å²) >= 11 is 1.58. The second-order valence-corrected chi connectivity index (χ2v) is 7.99. The lowest BCUT2D eigenvalue weighted by molar-refractivity contribution is 0.0895. The number of anilines is 1. The number of hydrogen-bond donors (Lipinski definition) is 0. The van der Waals surface area contributed by atoms with E-state index in [1.807, 2.05) is 17.9 Å². The lowest BCUT2D eigenvalue weighted by Gasteiger charge is -2.22. The summed E-state index contributed by atoms with van der Waals surface area (Å²) in [6, 6.07) is 3.42. The molecule has 1 atom stereocenters. The second kappa shape index (κ2) is 6.61. The van der Waals surface area contributed by atoms with E-state index < -0.39 is 0 Å². The van der Waals surface area contributed by atoms with Crippen LogP contribution in [0.2, 0.25) is 0 Å². The third kappa shape index (κ3) is 2.89. The van der Waals surface area contributed by atoms with Crippen molar-refractivity contribution in [2.24, 2.45) is 7.05 Å². The Morgan fingerprint density at radius 1 is 1.44 bits per heavy atom. The zero-order valence-corrected chi connectivity index (χ0v) is 15.9. The Hall–Kier alpha value is -2.45. The minimum absolute atomic E-state index is 0.0405. The summed E-state index contributed by atoms with van der Waals surface area (Å²) in [6.45, 7) is 1.24. The van der Waals surface area contributed by atoms with E-state index in [0.29, 0.717) is 17.4 Å². The van der Waals surface area contributed by atoms with Gasteiger partial charge in [0.15, 0.2) is 10.9 Å². The van der Waals surface area contributed by atoms with Gasteiger partial charge in [-0.3, -0.25) is 14.4 Å². The molecule has 0 radical (unpaired) electrons. The maximum Gasteiger partial charge on any atom is 0.295 e. The number of fused-ring (bicyclic) bond motifs is 3. The summed E-state index contributed by atoms with van der Waals surface area (Å²) in [5.41, 5.74) is 3.22. The molecule has 0 aromatic carbocycles. The van der Waals surface area contributed by atoms with E-state index in [0.717, 1.165) is 43.5 Å². The molecule has 8 heteroatoms. The molecule has 2 aliphatic rings. The number of hydrogen-bond acceptors (Lipinski definition) is 6. The normalized spacial score (nSPS) is 18.3. The lowest BCUT2D eigenvalue weighted by atomic mass is 10.0. The fraction of sp³-hybridized carbons (Fsp3) is 0.421. The highest BCUT2D eigenvalue weighted by atomic mass is 32.1. The number of carbonyl (C=O) groups is 1. The molecular weight excluding hydrogens is 364 g/mol. The van der Waals surface area contributed by atoms with Gasteiger partial charge in [0, 0.05) is 29.8 Å². The molecule has 140 valence electrons. The van der Waals surface area contributed by atoms with Crippen molar-refractivity contribution in [2.75, 3.05) is 18.1 Å². The van der Waals surface area contributed by atoms with Crippen LogP contribution in [0.1, 0.15) is 34.0 Å². The van der Waals surface area contributed by atoms with E-state index in [2.05, 4.69) is 5.10 Å². The van der Waals surface area contributed by atoms with Crippen LogP contribution in [0.15, 0.2) is 29.0 Å². The maximum absolute atomic E-state index is 13.1. The third-order valence-electron chi connectivity index (χ3n) is 5.21.